The molecule has 5 heteroatoms. The molecule has 0 radical (unpaired) electrons. The van der Waals surface area contributed by atoms with E-state index < -0.39 is 0 Å². The predicted molar refractivity (Wildman–Crippen MR) is 85.9 cm³/mol. The van der Waals surface area contributed by atoms with Gasteiger partial charge in [-0.1, -0.05) is 6.07 Å². The summed E-state index contributed by atoms with van der Waals surface area (Å²) in [5, 5.41) is -0.152. The van der Waals surface area contributed by atoms with E-state index in [-0.39, 0.29) is 5.38 Å². The zero-order chi connectivity index (χ0) is 15.1. The summed E-state index contributed by atoms with van der Waals surface area (Å²) in [7, 11) is 0. The fourth-order valence-electron chi connectivity index (χ4n) is 2.80. The third-order valence-electron chi connectivity index (χ3n) is 3.76. The Bertz CT molecular complexity index is 842. The zero-order valence-electron chi connectivity index (χ0n) is 12.1. The number of pyridine rings is 1. The van der Waals surface area contributed by atoms with Gasteiger partial charge in [0.2, 0.25) is 0 Å². The molecule has 3 heterocycles. The first-order valence-corrected chi connectivity index (χ1v) is 7.69. The summed E-state index contributed by atoms with van der Waals surface area (Å²) < 4.78 is 13.3. The Labute approximate surface area is 133 Å². The van der Waals surface area contributed by atoms with Crippen molar-refractivity contribution in [3.05, 3.63) is 48.3 Å². The number of ether oxygens (including phenoxy) is 2. The van der Waals surface area contributed by atoms with Gasteiger partial charge in [0.15, 0.2) is 11.5 Å². The minimum absolute atomic E-state index is 0.152. The second kappa shape index (κ2) is 5.21. The lowest BCUT2D eigenvalue weighted by Gasteiger charge is -2.18. The van der Waals surface area contributed by atoms with Gasteiger partial charge >= 0.3 is 0 Å². The average Bonchev–Trinajstić information content (AvgIpc) is 2.94. The molecule has 0 saturated heterocycles. The first kappa shape index (κ1) is 13.5. The van der Waals surface area contributed by atoms with Crippen LogP contribution in [0.25, 0.3) is 16.9 Å². The van der Waals surface area contributed by atoms with Crippen LogP contribution in [0.4, 0.5) is 0 Å². The van der Waals surface area contributed by atoms with E-state index in [9.17, 15) is 0 Å². The van der Waals surface area contributed by atoms with Crippen molar-refractivity contribution < 1.29 is 9.47 Å². The lowest BCUT2D eigenvalue weighted by molar-refractivity contribution is 0.171. The number of imidazole rings is 1. The fourth-order valence-corrected chi connectivity index (χ4v) is 3.01. The van der Waals surface area contributed by atoms with Crippen LogP contribution in [0.5, 0.6) is 11.5 Å². The van der Waals surface area contributed by atoms with Gasteiger partial charge in [-0.25, -0.2) is 4.98 Å². The lowest BCUT2D eigenvalue weighted by Crippen LogP contribution is -2.15. The van der Waals surface area contributed by atoms with E-state index in [1.165, 1.54) is 0 Å². The predicted octanol–water partition coefficient (Wildman–Crippen LogP) is 4.07. The van der Waals surface area contributed by atoms with Crippen LogP contribution in [0.3, 0.4) is 0 Å². The molecule has 1 aliphatic rings. The van der Waals surface area contributed by atoms with Gasteiger partial charge in [-0.15, -0.1) is 11.6 Å². The van der Waals surface area contributed by atoms with Gasteiger partial charge in [0.05, 0.1) is 16.8 Å². The van der Waals surface area contributed by atoms with E-state index >= 15 is 0 Å². The van der Waals surface area contributed by atoms with Crippen LogP contribution in [-0.4, -0.2) is 22.6 Å². The molecule has 2 aromatic heterocycles. The van der Waals surface area contributed by atoms with Crippen molar-refractivity contribution in [1.82, 2.24) is 9.38 Å². The van der Waals surface area contributed by atoms with Crippen molar-refractivity contribution in [2.45, 2.75) is 12.3 Å². The molecule has 112 valence electrons. The highest BCUT2D eigenvalue weighted by atomic mass is 35.5. The maximum absolute atomic E-state index is 6.41. The molecule has 0 spiro atoms. The summed E-state index contributed by atoms with van der Waals surface area (Å²) in [5.74, 6) is 1.54. The summed E-state index contributed by atoms with van der Waals surface area (Å²) in [6.07, 6.45) is 1.98. The molecule has 1 atom stereocenters. The normalized spacial score (nSPS) is 15.0. The number of halogens is 1. The van der Waals surface area contributed by atoms with Crippen LogP contribution in [0.2, 0.25) is 0 Å². The van der Waals surface area contributed by atoms with Gasteiger partial charge in [-0.3, -0.25) is 0 Å². The molecule has 0 fully saturated rings. The maximum Gasteiger partial charge on any atom is 0.162 e. The Hall–Kier alpha value is -2.20. The topological polar surface area (TPSA) is 35.8 Å². The SMILES string of the molecule is CC(Cl)c1c(-c2ccc3c(c2)OCCO3)nc2ccccn12. The summed E-state index contributed by atoms with van der Waals surface area (Å²) in [6.45, 7) is 3.12. The van der Waals surface area contributed by atoms with Gasteiger partial charge in [-0.05, 0) is 37.3 Å². The van der Waals surface area contributed by atoms with E-state index in [2.05, 4.69) is 0 Å². The fraction of sp³-hybridized carbons (Fsp3) is 0.235. The Kier molecular flexibility index (Phi) is 3.19. The molecule has 4 nitrogen and oxygen atoms in total. The molecule has 0 aliphatic carbocycles. The molecule has 4 rings (SSSR count). The Morgan fingerprint density at radius 3 is 2.77 bits per heavy atom. The first-order valence-electron chi connectivity index (χ1n) is 7.25. The maximum atomic E-state index is 6.41. The highest BCUT2D eigenvalue weighted by Crippen LogP contribution is 2.37. The van der Waals surface area contributed by atoms with Gasteiger partial charge in [-0.2, -0.15) is 0 Å². The summed E-state index contributed by atoms with van der Waals surface area (Å²) in [6, 6.07) is 11.8. The Morgan fingerprint density at radius 2 is 1.95 bits per heavy atom. The van der Waals surface area contributed by atoms with Gasteiger partial charge in [0.25, 0.3) is 0 Å². The molecule has 0 saturated carbocycles. The standard InChI is InChI=1S/C17H15ClN2O2/c1-11(18)17-16(19-15-4-2-3-7-20(15)17)12-5-6-13-14(10-12)22-9-8-21-13/h2-7,10-11H,8-9H2,1H3. The van der Waals surface area contributed by atoms with Crippen molar-refractivity contribution in [3.8, 4) is 22.8 Å². The largest absolute Gasteiger partial charge is 0.486 e. The summed E-state index contributed by atoms with van der Waals surface area (Å²) in [5.41, 5.74) is 3.73. The second-order valence-electron chi connectivity index (χ2n) is 5.25. The van der Waals surface area contributed by atoms with Crippen molar-refractivity contribution in [1.29, 1.82) is 0 Å². The van der Waals surface area contributed by atoms with Crippen LogP contribution in [0.15, 0.2) is 42.6 Å². The van der Waals surface area contributed by atoms with Gasteiger partial charge in [0.1, 0.15) is 18.9 Å². The van der Waals surface area contributed by atoms with Gasteiger partial charge < -0.3 is 13.9 Å². The first-order chi connectivity index (χ1) is 10.7. The molecule has 1 aliphatic heterocycles. The summed E-state index contributed by atoms with van der Waals surface area (Å²) >= 11 is 6.41. The summed E-state index contributed by atoms with van der Waals surface area (Å²) in [4.78, 5) is 4.74. The minimum atomic E-state index is -0.152. The number of alkyl halides is 1. The van der Waals surface area contributed by atoms with Gasteiger partial charge in [0, 0.05) is 11.8 Å². The van der Waals surface area contributed by atoms with E-state index in [4.69, 9.17) is 26.1 Å². The number of fused-ring (bicyclic) bond motifs is 2. The van der Waals surface area contributed by atoms with E-state index in [1.807, 2.05) is 53.9 Å². The van der Waals surface area contributed by atoms with Crippen LogP contribution in [0, 0.1) is 0 Å². The van der Waals surface area contributed by atoms with Crippen molar-refractivity contribution in [3.63, 3.8) is 0 Å². The quantitative estimate of drug-likeness (QED) is 0.669. The zero-order valence-corrected chi connectivity index (χ0v) is 12.9. The smallest absolute Gasteiger partial charge is 0.162 e. The van der Waals surface area contributed by atoms with Crippen molar-refractivity contribution >= 4 is 17.2 Å². The number of rotatable bonds is 2. The van der Waals surface area contributed by atoms with E-state index in [0.29, 0.717) is 13.2 Å². The lowest BCUT2D eigenvalue weighted by atomic mass is 10.1. The van der Waals surface area contributed by atoms with Crippen LogP contribution in [0.1, 0.15) is 18.0 Å². The Balaban J connectivity index is 1.92. The van der Waals surface area contributed by atoms with Crippen LogP contribution in [-0.2, 0) is 0 Å². The van der Waals surface area contributed by atoms with Crippen molar-refractivity contribution in [2.24, 2.45) is 0 Å². The third-order valence-corrected chi connectivity index (χ3v) is 3.97. The molecule has 1 aromatic carbocycles. The monoisotopic (exact) mass is 314 g/mol. The molecule has 0 N–H and O–H groups in total. The average molecular weight is 315 g/mol. The van der Waals surface area contributed by atoms with Crippen LogP contribution < -0.4 is 9.47 Å². The molecular weight excluding hydrogens is 300 g/mol. The molecule has 0 bridgehead atoms. The molecular formula is C17H15ClN2O2. The number of benzene rings is 1. The number of hydrogen-bond donors (Lipinski definition) is 0. The highest BCUT2D eigenvalue weighted by Gasteiger charge is 2.20. The third kappa shape index (κ3) is 2.11. The second-order valence-corrected chi connectivity index (χ2v) is 5.90. The molecule has 1 unspecified atom stereocenters. The number of nitrogens with zero attached hydrogens (tertiary/aromatic N) is 2. The molecule has 3 aromatic rings. The number of aromatic nitrogens is 2. The van der Waals surface area contributed by atoms with Crippen molar-refractivity contribution in [2.75, 3.05) is 13.2 Å². The Morgan fingerprint density at radius 1 is 1.14 bits per heavy atom. The highest BCUT2D eigenvalue weighted by molar-refractivity contribution is 6.20. The minimum Gasteiger partial charge on any atom is -0.486 e. The van der Waals surface area contributed by atoms with E-state index in [1.54, 1.807) is 0 Å². The van der Waals surface area contributed by atoms with E-state index in [0.717, 1.165) is 34.1 Å². The van der Waals surface area contributed by atoms with Crippen LogP contribution >= 0.6 is 11.6 Å². The number of hydrogen-bond acceptors (Lipinski definition) is 3. The molecule has 22 heavy (non-hydrogen) atoms. The molecule has 0 amide bonds.